The zero-order chi connectivity index (χ0) is 24.2. The first-order valence-electron chi connectivity index (χ1n) is 11.4. The van der Waals surface area contributed by atoms with Crippen molar-refractivity contribution in [1.82, 2.24) is 0 Å². The number of benzene rings is 1. The van der Waals surface area contributed by atoms with Crippen LogP contribution in [0.4, 0.5) is 8.78 Å². The van der Waals surface area contributed by atoms with E-state index in [1.54, 1.807) is 0 Å². The standard InChI is InChI=1S/C13H26B2O4.C10H9BrF2/c1-9-13(8)12(6,7)18-15(19-13)14-16-10(2,3)11(4,5)17-14;11-9-3-1-7(2-4-9)8-5-10(12,13)6-8/h9H2,1-8H3;1-4,8H,5-6H2. The smallest absolute Gasteiger partial charge is 0.405 e. The van der Waals surface area contributed by atoms with Crippen molar-refractivity contribution in [2.75, 3.05) is 0 Å². The molecule has 1 unspecified atom stereocenters. The highest BCUT2D eigenvalue weighted by Crippen LogP contribution is 2.48. The minimum absolute atomic E-state index is 0.00856. The highest BCUT2D eigenvalue weighted by molar-refractivity contribution is 9.10. The summed E-state index contributed by atoms with van der Waals surface area (Å²) in [7, 11) is -0.946. The molecule has 4 nitrogen and oxygen atoms in total. The van der Waals surface area contributed by atoms with Gasteiger partial charge in [-0.15, -0.1) is 0 Å². The van der Waals surface area contributed by atoms with Gasteiger partial charge in [-0.25, -0.2) is 8.78 Å². The first kappa shape index (κ1) is 26.1. The third kappa shape index (κ3) is 5.12. The quantitative estimate of drug-likeness (QED) is 0.426. The van der Waals surface area contributed by atoms with Crippen molar-refractivity contribution in [3.05, 3.63) is 34.3 Å². The molecule has 2 heterocycles. The first-order valence-corrected chi connectivity index (χ1v) is 12.1. The topological polar surface area (TPSA) is 36.9 Å². The molecule has 4 rings (SSSR count). The summed E-state index contributed by atoms with van der Waals surface area (Å²) in [6.07, 6.45) is 0.902. The van der Waals surface area contributed by atoms with Crippen molar-refractivity contribution in [2.45, 2.75) is 109 Å². The molecule has 1 aromatic rings. The predicted molar refractivity (Wildman–Crippen MR) is 128 cm³/mol. The Balaban J connectivity index is 0.000000193. The second-order valence-electron chi connectivity index (χ2n) is 10.8. The van der Waals surface area contributed by atoms with Crippen LogP contribution in [0.3, 0.4) is 0 Å². The Hall–Kier alpha value is -0.470. The normalized spacial score (nSPS) is 30.0. The Morgan fingerprint density at radius 3 is 1.66 bits per heavy atom. The van der Waals surface area contributed by atoms with Crippen LogP contribution in [0.5, 0.6) is 0 Å². The fourth-order valence-electron chi connectivity index (χ4n) is 4.09. The van der Waals surface area contributed by atoms with Gasteiger partial charge in [0.2, 0.25) is 5.92 Å². The van der Waals surface area contributed by atoms with E-state index < -0.39 is 19.9 Å². The van der Waals surface area contributed by atoms with Crippen LogP contribution in [0.25, 0.3) is 0 Å². The Bertz CT molecular complexity index is 795. The lowest BCUT2D eigenvalue weighted by Crippen LogP contribution is -2.44. The summed E-state index contributed by atoms with van der Waals surface area (Å²) in [6, 6.07) is 7.60. The minimum atomic E-state index is -2.42. The molecule has 0 radical (unpaired) electrons. The SMILES string of the molecule is CCC1(C)OB(B2OC(C)(C)C(C)(C)O2)OC1(C)C.FC1(F)CC(c2ccc(Br)cc2)C1. The maximum Gasteiger partial charge on any atom is 0.488 e. The number of alkyl halides is 2. The van der Waals surface area contributed by atoms with E-state index in [2.05, 4.69) is 43.6 Å². The molecule has 1 aromatic carbocycles. The van der Waals surface area contributed by atoms with E-state index in [4.69, 9.17) is 18.6 Å². The number of rotatable bonds is 3. The van der Waals surface area contributed by atoms with Crippen LogP contribution in [-0.2, 0) is 18.6 Å². The first-order chi connectivity index (χ1) is 14.5. The molecule has 0 bridgehead atoms. The van der Waals surface area contributed by atoms with E-state index in [9.17, 15) is 8.78 Å². The predicted octanol–water partition coefficient (Wildman–Crippen LogP) is 6.60. The van der Waals surface area contributed by atoms with E-state index in [1.807, 2.05) is 52.0 Å². The van der Waals surface area contributed by atoms with Crippen LogP contribution in [0.2, 0.25) is 0 Å². The molecule has 0 spiro atoms. The molecule has 0 N–H and O–H groups in total. The van der Waals surface area contributed by atoms with Gasteiger partial charge in [0, 0.05) is 17.3 Å². The molecule has 178 valence electrons. The van der Waals surface area contributed by atoms with Crippen molar-refractivity contribution in [3.63, 3.8) is 0 Å². The lowest BCUT2D eigenvalue weighted by Gasteiger charge is -2.35. The van der Waals surface area contributed by atoms with E-state index in [-0.39, 0.29) is 41.2 Å². The monoisotopic (exact) mass is 514 g/mol. The van der Waals surface area contributed by atoms with Crippen LogP contribution >= 0.6 is 15.9 Å². The van der Waals surface area contributed by atoms with Gasteiger partial charge in [-0.05, 0) is 78.5 Å². The molecule has 3 aliphatic rings. The summed E-state index contributed by atoms with van der Waals surface area (Å²) in [6.45, 7) is 16.4. The zero-order valence-electron chi connectivity index (χ0n) is 20.4. The van der Waals surface area contributed by atoms with Crippen LogP contribution in [-0.4, -0.2) is 42.3 Å². The molecule has 32 heavy (non-hydrogen) atoms. The van der Waals surface area contributed by atoms with E-state index in [0.29, 0.717) is 0 Å². The summed E-state index contributed by atoms with van der Waals surface area (Å²) < 4.78 is 50.3. The molecular weight excluding hydrogens is 480 g/mol. The van der Waals surface area contributed by atoms with Gasteiger partial charge in [-0.1, -0.05) is 35.0 Å². The van der Waals surface area contributed by atoms with E-state index in [0.717, 1.165) is 16.5 Å². The van der Waals surface area contributed by atoms with E-state index >= 15 is 0 Å². The van der Waals surface area contributed by atoms with Crippen LogP contribution < -0.4 is 0 Å². The van der Waals surface area contributed by atoms with Gasteiger partial charge in [-0.2, -0.15) is 0 Å². The number of hydrogen-bond donors (Lipinski definition) is 0. The lowest BCUT2D eigenvalue weighted by atomic mass is 9.49. The fourth-order valence-corrected chi connectivity index (χ4v) is 4.35. The Labute approximate surface area is 200 Å². The van der Waals surface area contributed by atoms with Gasteiger partial charge in [0.25, 0.3) is 0 Å². The van der Waals surface area contributed by atoms with Crippen molar-refractivity contribution >= 4 is 29.9 Å². The highest BCUT2D eigenvalue weighted by atomic mass is 79.9. The summed E-state index contributed by atoms with van der Waals surface area (Å²) >= 11 is 3.31. The molecule has 2 aliphatic heterocycles. The number of halogens is 3. The van der Waals surface area contributed by atoms with Crippen molar-refractivity contribution in [1.29, 1.82) is 0 Å². The fraction of sp³-hybridized carbons (Fsp3) is 0.739. The molecule has 9 heteroatoms. The Morgan fingerprint density at radius 1 is 0.812 bits per heavy atom. The largest absolute Gasteiger partial charge is 0.488 e. The maximum absolute atomic E-state index is 12.5. The summed E-state index contributed by atoms with van der Waals surface area (Å²) in [5.74, 6) is -2.36. The van der Waals surface area contributed by atoms with Crippen LogP contribution in [0.1, 0.15) is 86.1 Å². The molecule has 0 aromatic heterocycles. The highest BCUT2D eigenvalue weighted by Gasteiger charge is 2.64. The van der Waals surface area contributed by atoms with Gasteiger partial charge in [0.05, 0.1) is 22.4 Å². The lowest BCUT2D eigenvalue weighted by molar-refractivity contribution is -0.0867. The van der Waals surface area contributed by atoms with Crippen molar-refractivity contribution in [3.8, 4) is 0 Å². The average Bonchev–Trinajstić information content (AvgIpc) is 3.02. The van der Waals surface area contributed by atoms with Gasteiger partial charge in [-0.3, -0.25) is 0 Å². The summed E-state index contributed by atoms with van der Waals surface area (Å²) in [5.41, 5.74) is -0.370. The number of hydrogen-bond acceptors (Lipinski definition) is 4. The average molecular weight is 515 g/mol. The second kappa shape index (κ2) is 8.63. The van der Waals surface area contributed by atoms with Gasteiger partial charge in [0.1, 0.15) is 0 Å². The third-order valence-electron chi connectivity index (χ3n) is 7.66. The van der Waals surface area contributed by atoms with Crippen LogP contribution in [0, 0.1) is 0 Å². The molecule has 1 saturated carbocycles. The van der Waals surface area contributed by atoms with Gasteiger partial charge >= 0.3 is 14.0 Å². The zero-order valence-corrected chi connectivity index (χ0v) is 22.0. The third-order valence-corrected chi connectivity index (χ3v) is 8.19. The second-order valence-corrected chi connectivity index (χ2v) is 11.8. The van der Waals surface area contributed by atoms with E-state index in [1.165, 1.54) is 0 Å². The maximum atomic E-state index is 12.5. The Kier molecular flexibility index (Phi) is 7.05. The Morgan fingerprint density at radius 2 is 1.25 bits per heavy atom. The molecule has 1 atom stereocenters. The van der Waals surface area contributed by atoms with Crippen molar-refractivity contribution < 1.29 is 27.4 Å². The molecular formula is C23H35B2BrF2O4. The van der Waals surface area contributed by atoms with Gasteiger partial charge < -0.3 is 18.6 Å². The molecule has 2 saturated heterocycles. The molecule has 0 amide bonds. The molecule has 1 aliphatic carbocycles. The summed E-state index contributed by atoms with van der Waals surface area (Å²) in [4.78, 5) is 0. The van der Waals surface area contributed by atoms with Crippen molar-refractivity contribution in [2.24, 2.45) is 0 Å². The molecule has 3 fully saturated rings. The van der Waals surface area contributed by atoms with Gasteiger partial charge in [0.15, 0.2) is 0 Å². The summed E-state index contributed by atoms with van der Waals surface area (Å²) in [5, 5.41) is 0. The van der Waals surface area contributed by atoms with Crippen LogP contribution in [0.15, 0.2) is 28.7 Å². The minimum Gasteiger partial charge on any atom is -0.405 e.